The number of esters is 2. The Balaban J connectivity index is 0.000000178. The first-order valence-electron chi connectivity index (χ1n) is 25.0. The Bertz CT molecular complexity index is 2530. The maximum Gasteiger partial charge on any atom is 0.416 e. The highest BCUT2D eigenvalue weighted by atomic mass is 19.4. The van der Waals surface area contributed by atoms with Crippen molar-refractivity contribution < 1.29 is 60.1 Å². The Morgan fingerprint density at radius 2 is 1.03 bits per heavy atom. The number of carbonyl (C=O) groups is 4. The molecule has 4 aromatic rings. The van der Waals surface area contributed by atoms with E-state index in [2.05, 4.69) is 22.1 Å². The molecule has 2 aromatic carbocycles. The van der Waals surface area contributed by atoms with E-state index >= 15 is 0 Å². The number of ether oxygens (including phenoxy) is 2. The van der Waals surface area contributed by atoms with E-state index in [1.54, 1.807) is 55.7 Å². The highest BCUT2D eigenvalue weighted by molar-refractivity contribution is 5.79. The van der Waals surface area contributed by atoms with Crippen LogP contribution in [0.25, 0.3) is 34.4 Å². The Morgan fingerprint density at radius 1 is 0.597 bits per heavy atom. The molecule has 4 heterocycles. The van der Waals surface area contributed by atoms with Gasteiger partial charge < -0.3 is 14.6 Å². The molecule has 0 spiro atoms. The first-order chi connectivity index (χ1) is 34.2. The van der Waals surface area contributed by atoms with Crippen molar-refractivity contribution in [2.45, 2.75) is 96.7 Å². The van der Waals surface area contributed by atoms with Gasteiger partial charge in [-0.05, 0) is 167 Å². The zero-order valence-electron chi connectivity index (χ0n) is 40.2. The van der Waals surface area contributed by atoms with Crippen LogP contribution in [0.2, 0.25) is 0 Å². The lowest BCUT2D eigenvalue weighted by molar-refractivity contribution is -0.146. The van der Waals surface area contributed by atoms with Crippen molar-refractivity contribution in [1.29, 1.82) is 0 Å². The molecule has 10 rings (SSSR count). The largest absolute Gasteiger partial charge is 0.481 e. The van der Waals surface area contributed by atoms with Gasteiger partial charge in [0.25, 0.3) is 0 Å². The van der Waals surface area contributed by atoms with E-state index < -0.39 is 29.4 Å². The summed E-state index contributed by atoms with van der Waals surface area (Å²) in [4.78, 5) is 57.7. The van der Waals surface area contributed by atoms with E-state index in [1.807, 2.05) is 26.0 Å². The number of benzene rings is 2. The van der Waals surface area contributed by atoms with Gasteiger partial charge in [-0.3, -0.25) is 29.1 Å². The number of nitrogens with zero attached hydrogens (tertiary/aromatic N) is 2. The summed E-state index contributed by atoms with van der Waals surface area (Å²) < 4.78 is 89.6. The molecule has 2 aromatic heterocycles. The first kappa shape index (κ1) is 50.8. The molecule has 9 nitrogen and oxygen atoms in total. The number of hydrogen-bond donors (Lipinski definition) is 1. The van der Waals surface area contributed by atoms with Crippen LogP contribution in [0.15, 0.2) is 97.3 Å². The number of hydrogen-bond acceptors (Lipinski definition) is 8. The number of rotatable bonds is 8. The summed E-state index contributed by atoms with van der Waals surface area (Å²) in [7, 11) is 0. The number of ketones is 1. The number of fused-ring (bicyclic) bond motifs is 4. The van der Waals surface area contributed by atoms with E-state index in [9.17, 15) is 50.6 Å². The summed E-state index contributed by atoms with van der Waals surface area (Å²) in [6, 6.07) is 17.5. The number of aliphatic carboxylic acids is 1. The van der Waals surface area contributed by atoms with Crippen LogP contribution in [0.3, 0.4) is 0 Å². The second-order valence-corrected chi connectivity index (χ2v) is 20.9. The third-order valence-corrected chi connectivity index (χ3v) is 16.8. The molecule has 380 valence electrons. The number of aromatic nitrogens is 2. The highest BCUT2D eigenvalue weighted by Gasteiger charge is 2.56. The van der Waals surface area contributed by atoms with Gasteiger partial charge in [-0.2, -0.15) is 26.3 Å². The van der Waals surface area contributed by atoms with Crippen molar-refractivity contribution in [1.82, 2.24) is 9.97 Å². The van der Waals surface area contributed by atoms with Crippen LogP contribution < -0.4 is 0 Å². The average Bonchev–Trinajstić information content (AvgIpc) is 3.81. The topological polar surface area (TPSA) is 133 Å². The fraction of sp³-hybridized carbons (Fsp3) is 0.474. The molecule has 6 aliphatic rings. The lowest BCUT2D eigenvalue weighted by atomic mass is 9.56. The van der Waals surface area contributed by atoms with Gasteiger partial charge in [-0.25, -0.2) is 0 Å². The van der Waals surface area contributed by atoms with Gasteiger partial charge in [-0.1, -0.05) is 48.6 Å². The summed E-state index contributed by atoms with van der Waals surface area (Å²) in [6.45, 7) is 5.55. The molecule has 0 bridgehead atoms. The summed E-state index contributed by atoms with van der Waals surface area (Å²) >= 11 is 0. The smallest absolute Gasteiger partial charge is 0.416 e. The van der Waals surface area contributed by atoms with Gasteiger partial charge in [0.2, 0.25) is 0 Å². The number of pyridine rings is 2. The average molecular weight is 997 g/mol. The third kappa shape index (κ3) is 10.7. The Kier molecular flexibility index (Phi) is 14.4. The predicted octanol–water partition coefficient (Wildman–Crippen LogP) is 12.7. The number of cyclic esters (lactones) is 2. The minimum absolute atomic E-state index is 0.0424. The van der Waals surface area contributed by atoms with Crippen LogP contribution in [-0.4, -0.2) is 51.0 Å². The number of Topliss-reactive ketones (excluding diaryl/α,β-unsaturated/α-hetero) is 1. The molecular weight excluding hydrogens is 939 g/mol. The lowest BCUT2D eigenvalue weighted by Crippen LogP contribution is -2.44. The molecule has 0 radical (unpaired) electrons. The van der Waals surface area contributed by atoms with Gasteiger partial charge >= 0.3 is 30.3 Å². The summed E-state index contributed by atoms with van der Waals surface area (Å²) in [5.41, 5.74) is 2.09. The molecular formula is C57H58F6N2O7. The molecule has 4 aliphatic carbocycles. The third-order valence-electron chi connectivity index (χ3n) is 16.8. The Hall–Kier alpha value is -6.12. The zero-order chi connectivity index (χ0) is 51.2. The molecule has 14 atom stereocenters. The van der Waals surface area contributed by atoms with Gasteiger partial charge in [0, 0.05) is 41.3 Å². The maximum atomic E-state index is 13.1. The van der Waals surface area contributed by atoms with Crippen LogP contribution in [0.4, 0.5) is 26.3 Å². The maximum absolute atomic E-state index is 13.1. The molecule has 0 amide bonds. The van der Waals surface area contributed by atoms with Gasteiger partial charge in [0.05, 0.1) is 40.3 Å². The molecule has 4 saturated carbocycles. The molecule has 1 N–H and O–H groups in total. The van der Waals surface area contributed by atoms with Crippen LogP contribution >= 0.6 is 0 Å². The Morgan fingerprint density at radius 3 is 1.42 bits per heavy atom. The quantitative estimate of drug-likeness (QED) is 0.135. The van der Waals surface area contributed by atoms with Gasteiger partial charge in [0.15, 0.2) is 0 Å². The fourth-order valence-corrected chi connectivity index (χ4v) is 13.3. The van der Waals surface area contributed by atoms with Gasteiger partial charge in [0.1, 0.15) is 18.0 Å². The standard InChI is InChI=1S/C29H30F3NO3.C28H28F3NO4/c1-16(34)18-7-10-24-21(12-18)14-26-27(17(2)36-28(26)35)25(24)11-9-23-8-6-20(15-33-23)19-4-3-5-22(13-19)29(30,31)32;1-15-25-23(22-9-6-17(26(33)34)11-19(22)13-24(25)27(35)36-15)10-8-21-7-5-18(14-32-21)16-3-2-4-20(12-16)28(29,30)31/h3-6,8-9,11,13,15,17-18,21,24-27H,7,10,12,14H2,1-2H3;2-5,7-8,10,12,14-15,17,19,22-25H,6,9,11,13H2,1H3,(H,33,34)/b11-9+;10-8+/t17-,18-,21+,24-,25+,26-,27+;15-,17-,19+,22-,23+,24-,25+/m11/s1. The van der Waals surface area contributed by atoms with E-state index in [1.165, 1.54) is 12.1 Å². The molecule has 0 unspecified atom stereocenters. The van der Waals surface area contributed by atoms with Crippen LogP contribution in [0, 0.1) is 71.0 Å². The summed E-state index contributed by atoms with van der Waals surface area (Å²) in [5, 5.41) is 9.52. The van der Waals surface area contributed by atoms with E-state index in [4.69, 9.17) is 9.47 Å². The van der Waals surface area contributed by atoms with Crippen molar-refractivity contribution >= 4 is 35.8 Å². The summed E-state index contributed by atoms with van der Waals surface area (Å²) in [6.07, 6.45) is 8.21. The number of allylic oxidation sites excluding steroid dienone is 2. The second-order valence-electron chi connectivity index (χ2n) is 20.9. The molecule has 2 saturated heterocycles. The Labute approximate surface area is 414 Å². The minimum atomic E-state index is -4.41. The fourth-order valence-electron chi connectivity index (χ4n) is 13.3. The monoisotopic (exact) mass is 996 g/mol. The van der Waals surface area contributed by atoms with E-state index in [0.29, 0.717) is 64.7 Å². The molecule has 6 fully saturated rings. The first-order valence-corrected chi connectivity index (χ1v) is 25.0. The second kappa shape index (κ2) is 20.4. The number of carboxylic acids is 1. The van der Waals surface area contributed by atoms with Crippen LogP contribution in [0.5, 0.6) is 0 Å². The molecule has 15 heteroatoms. The highest BCUT2D eigenvalue weighted by Crippen LogP contribution is 2.56. The van der Waals surface area contributed by atoms with Crippen molar-refractivity contribution in [3.63, 3.8) is 0 Å². The number of alkyl halides is 6. The number of carboxylic acid groups (broad SMARTS) is 1. The van der Waals surface area contributed by atoms with Crippen molar-refractivity contribution in [3.8, 4) is 22.3 Å². The van der Waals surface area contributed by atoms with E-state index in [0.717, 1.165) is 56.4 Å². The van der Waals surface area contributed by atoms with Crippen molar-refractivity contribution in [2.75, 3.05) is 0 Å². The van der Waals surface area contributed by atoms with Crippen molar-refractivity contribution in [3.05, 3.63) is 120 Å². The predicted molar refractivity (Wildman–Crippen MR) is 256 cm³/mol. The lowest BCUT2D eigenvalue weighted by Gasteiger charge is -2.47. The van der Waals surface area contributed by atoms with E-state index in [-0.39, 0.29) is 89.1 Å². The normalized spacial score (nSPS) is 32.1. The number of carbonyl (C=O) groups excluding carboxylic acids is 3. The van der Waals surface area contributed by atoms with Crippen LogP contribution in [-0.2, 0) is 41.0 Å². The molecule has 2 aliphatic heterocycles. The SMILES string of the molecule is CC(=O)[C@@H]1CC[C@@H]2[C@@H](C1)C[C@H]1C(=O)O[C@H](C)[C@H]1[C@H]2/C=C/c1ccc(-c2cccc(C(F)(F)F)c2)cn1.C[C@H]1OC(=O)[C@@H]2C[C@@H]3C[C@H](C(=O)O)CC[C@H]3[C@H](/C=C/c3ccc(-c4cccc(C(F)(F)F)c4)cn3)[C@H]12. The molecule has 72 heavy (non-hydrogen) atoms. The summed E-state index contributed by atoms with van der Waals surface area (Å²) in [5.74, 6) is -0.0102. The van der Waals surface area contributed by atoms with Crippen molar-refractivity contribution in [2.24, 2.45) is 71.0 Å². The number of halogens is 6. The van der Waals surface area contributed by atoms with Gasteiger partial charge in [-0.15, -0.1) is 0 Å². The minimum Gasteiger partial charge on any atom is -0.481 e. The van der Waals surface area contributed by atoms with Crippen LogP contribution in [0.1, 0.15) is 94.7 Å². The zero-order valence-corrected chi connectivity index (χ0v) is 40.2.